The van der Waals surface area contributed by atoms with Gasteiger partial charge in [0.25, 0.3) is 11.7 Å². The predicted molar refractivity (Wildman–Crippen MR) is 87.9 cm³/mol. The first-order valence-electron chi connectivity index (χ1n) is 7.01. The highest BCUT2D eigenvalue weighted by atomic mass is 32.2. The molecule has 1 amide bonds. The smallest absolute Gasteiger partial charge is 0.284 e. The van der Waals surface area contributed by atoms with Crippen molar-refractivity contribution in [1.82, 2.24) is 5.32 Å². The van der Waals surface area contributed by atoms with Crippen LogP contribution in [0, 0.1) is 11.3 Å². The Bertz CT molecular complexity index is 751. The fourth-order valence-corrected chi connectivity index (χ4v) is 2.30. The Hall–Kier alpha value is -2.59. The number of alkyl halides is 2. The van der Waals surface area contributed by atoms with Gasteiger partial charge in [-0.15, -0.1) is 0 Å². The lowest BCUT2D eigenvalue weighted by Gasteiger charge is -2.03. The number of benzene rings is 1. The Kier molecular flexibility index (Phi) is 6.58. The number of nitrogens with one attached hydrogen (secondary N) is 1. The van der Waals surface area contributed by atoms with E-state index in [1.54, 1.807) is 0 Å². The second kappa shape index (κ2) is 8.89. The fourth-order valence-electron chi connectivity index (χ4n) is 1.86. The summed E-state index contributed by atoms with van der Waals surface area (Å²) in [6.45, 7) is 0.299. The zero-order chi connectivity index (χ0) is 17.4. The summed E-state index contributed by atoms with van der Waals surface area (Å²) in [6, 6.07) is 14.2. The van der Waals surface area contributed by atoms with E-state index in [1.807, 2.05) is 36.4 Å². The summed E-state index contributed by atoms with van der Waals surface area (Å²) in [7, 11) is 0. The van der Waals surface area contributed by atoms with Crippen LogP contribution in [0.1, 0.15) is 17.1 Å². The molecule has 1 aromatic heterocycles. The molecule has 0 aliphatic rings. The lowest BCUT2D eigenvalue weighted by atomic mass is 10.2. The van der Waals surface area contributed by atoms with Crippen LogP contribution in [0.4, 0.5) is 8.78 Å². The average Bonchev–Trinajstić information content (AvgIpc) is 3.04. The molecule has 2 aromatic rings. The summed E-state index contributed by atoms with van der Waals surface area (Å²) in [5, 5.41) is 11.8. The molecule has 124 valence electrons. The minimum Gasteiger partial charge on any atom is -0.461 e. The first-order valence-corrected chi connectivity index (χ1v) is 8.05. The van der Waals surface area contributed by atoms with E-state index < -0.39 is 11.7 Å². The summed E-state index contributed by atoms with van der Waals surface area (Å²) in [5.74, 6) is -2.36. The lowest BCUT2D eigenvalue weighted by molar-refractivity contribution is -0.117. The van der Waals surface area contributed by atoms with Crippen molar-refractivity contribution in [3.05, 3.63) is 65.1 Å². The summed E-state index contributed by atoms with van der Waals surface area (Å²) in [4.78, 5) is 12.0. The normalized spacial score (nSPS) is 11.3. The van der Waals surface area contributed by atoms with Gasteiger partial charge in [0.15, 0.2) is 0 Å². The molecule has 0 radical (unpaired) electrons. The maximum atomic E-state index is 12.1. The van der Waals surface area contributed by atoms with Crippen LogP contribution in [-0.4, -0.2) is 11.7 Å². The van der Waals surface area contributed by atoms with Crippen LogP contribution in [0.25, 0.3) is 6.08 Å². The van der Waals surface area contributed by atoms with Crippen molar-refractivity contribution in [2.45, 2.75) is 18.1 Å². The highest BCUT2D eigenvalue weighted by Gasteiger charge is 2.11. The maximum absolute atomic E-state index is 12.1. The first kappa shape index (κ1) is 17.8. The Morgan fingerprint density at radius 3 is 2.71 bits per heavy atom. The molecule has 0 aliphatic carbocycles. The number of nitriles is 1. The second-order valence-corrected chi connectivity index (χ2v) is 5.69. The Morgan fingerprint density at radius 1 is 1.29 bits per heavy atom. The maximum Gasteiger partial charge on any atom is 0.284 e. The number of rotatable bonds is 7. The SMILES string of the molecule is N#C/C(=C\c1ccc(CSC(F)F)o1)C(=O)NCc1ccccc1. The van der Waals surface area contributed by atoms with Crippen LogP contribution in [0.2, 0.25) is 0 Å². The Balaban J connectivity index is 1.98. The molecule has 0 saturated carbocycles. The zero-order valence-corrected chi connectivity index (χ0v) is 13.4. The summed E-state index contributed by atoms with van der Waals surface area (Å²) < 4.78 is 29.6. The van der Waals surface area contributed by atoms with Crippen molar-refractivity contribution in [1.29, 1.82) is 5.26 Å². The standard InChI is InChI=1S/C17H14F2N2O2S/c18-17(19)24-11-15-7-6-14(23-15)8-13(9-20)16(22)21-10-12-4-2-1-3-5-12/h1-8,17H,10-11H2,(H,21,22)/b13-8+. The Labute approximate surface area is 142 Å². The number of furan rings is 1. The van der Waals surface area contributed by atoms with Gasteiger partial charge in [-0.1, -0.05) is 42.1 Å². The van der Waals surface area contributed by atoms with Gasteiger partial charge in [-0.25, -0.2) is 0 Å². The molecule has 0 bridgehead atoms. The third kappa shape index (κ3) is 5.56. The molecule has 2 rings (SSSR count). The van der Waals surface area contributed by atoms with Gasteiger partial charge in [-0.3, -0.25) is 4.79 Å². The van der Waals surface area contributed by atoms with Crippen molar-refractivity contribution < 1.29 is 18.0 Å². The van der Waals surface area contributed by atoms with Crippen molar-refractivity contribution in [2.75, 3.05) is 0 Å². The van der Waals surface area contributed by atoms with E-state index in [0.29, 0.717) is 24.1 Å². The van der Waals surface area contributed by atoms with Gasteiger partial charge in [-0.2, -0.15) is 14.0 Å². The topological polar surface area (TPSA) is 66.0 Å². The Morgan fingerprint density at radius 2 is 2.04 bits per heavy atom. The molecule has 0 atom stereocenters. The number of amides is 1. The van der Waals surface area contributed by atoms with E-state index >= 15 is 0 Å². The van der Waals surface area contributed by atoms with E-state index in [2.05, 4.69) is 5.32 Å². The number of hydrogen-bond acceptors (Lipinski definition) is 4. The van der Waals surface area contributed by atoms with Crippen LogP contribution < -0.4 is 5.32 Å². The number of carbonyl (C=O) groups is 1. The van der Waals surface area contributed by atoms with Crippen LogP contribution >= 0.6 is 11.8 Å². The molecule has 7 heteroatoms. The summed E-state index contributed by atoms with van der Waals surface area (Å²) in [6.07, 6.45) is 1.29. The van der Waals surface area contributed by atoms with Gasteiger partial charge in [0, 0.05) is 12.6 Å². The fraction of sp³-hybridized carbons (Fsp3) is 0.176. The van der Waals surface area contributed by atoms with E-state index in [9.17, 15) is 13.6 Å². The van der Waals surface area contributed by atoms with Gasteiger partial charge < -0.3 is 9.73 Å². The largest absolute Gasteiger partial charge is 0.461 e. The number of hydrogen-bond donors (Lipinski definition) is 1. The number of thioether (sulfide) groups is 1. The molecule has 0 saturated heterocycles. The average molecular weight is 348 g/mol. The van der Waals surface area contributed by atoms with E-state index in [0.717, 1.165) is 5.56 Å². The van der Waals surface area contributed by atoms with Gasteiger partial charge in [0.05, 0.1) is 5.75 Å². The molecule has 0 aliphatic heterocycles. The minimum absolute atomic E-state index is 0.0214. The lowest BCUT2D eigenvalue weighted by Crippen LogP contribution is -2.23. The van der Waals surface area contributed by atoms with Gasteiger partial charge in [0.2, 0.25) is 0 Å². The minimum atomic E-state index is -2.48. The summed E-state index contributed by atoms with van der Waals surface area (Å²) in [5.41, 5.74) is 0.792. The van der Waals surface area contributed by atoms with Crippen LogP contribution in [-0.2, 0) is 17.1 Å². The number of nitrogens with zero attached hydrogens (tertiary/aromatic N) is 1. The zero-order valence-electron chi connectivity index (χ0n) is 12.5. The van der Waals surface area contributed by atoms with Crippen LogP contribution in [0.15, 0.2) is 52.5 Å². The number of carbonyl (C=O) groups excluding carboxylic acids is 1. The van der Waals surface area contributed by atoms with Gasteiger partial charge in [-0.05, 0) is 17.7 Å². The number of halogens is 2. The second-order valence-electron chi connectivity index (χ2n) is 4.71. The molecule has 0 fully saturated rings. The highest BCUT2D eigenvalue weighted by molar-refractivity contribution is 7.98. The van der Waals surface area contributed by atoms with Crippen LogP contribution in [0.5, 0.6) is 0 Å². The third-order valence-electron chi connectivity index (χ3n) is 2.98. The highest BCUT2D eigenvalue weighted by Crippen LogP contribution is 2.22. The molecule has 0 spiro atoms. The van der Waals surface area contributed by atoms with Crippen molar-refractivity contribution in [3.63, 3.8) is 0 Å². The molecule has 1 N–H and O–H groups in total. The molecular weight excluding hydrogens is 334 g/mol. The van der Waals surface area contributed by atoms with E-state index in [1.165, 1.54) is 18.2 Å². The quantitative estimate of drug-likeness (QED) is 0.608. The molecule has 4 nitrogen and oxygen atoms in total. The first-order chi connectivity index (χ1) is 11.6. The molecule has 1 heterocycles. The molecular formula is C17H14F2N2O2S. The third-order valence-corrected chi connectivity index (χ3v) is 3.68. The van der Waals surface area contributed by atoms with Crippen molar-refractivity contribution in [3.8, 4) is 6.07 Å². The molecule has 24 heavy (non-hydrogen) atoms. The summed E-state index contributed by atoms with van der Waals surface area (Å²) >= 11 is 0.442. The predicted octanol–water partition coefficient (Wildman–Crippen LogP) is 3.96. The van der Waals surface area contributed by atoms with Gasteiger partial charge in [0.1, 0.15) is 23.2 Å². The van der Waals surface area contributed by atoms with E-state index in [-0.39, 0.29) is 17.1 Å². The molecule has 0 unspecified atom stereocenters. The van der Waals surface area contributed by atoms with Crippen molar-refractivity contribution >= 4 is 23.7 Å². The van der Waals surface area contributed by atoms with Crippen LogP contribution in [0.3, 0.4) is 0 Å². The van der Waals surface area contributed by atoms with E-state index in [4.69, 9.17) is 9.68 Å². The monoisotopic (exact) mass is 348 g/mol. The van der Waals surface area contributed by atoms with Gasteiger partial charge >= 0.3 is 0 Å². The molecule has 1 aromatic carbocycles. The van der Waals surface area contributed by atoms with Crippen molar-refractivity contribution in [2.24, 2.45) is 0 Å².